The van der Waals surface area contributed by atoms with Gasteiger partial charge in [-0.05, 0) is 49.6 Å². The zero-order chi connectivity index (χ0) is 21.2. The minimum absolute atomic E-state index is 0.0513. The zero-order valence-electron chi connectivity index (χ0n) is 16.9. The summed E-state index contributed by atoms with van der Waals surface area (Å²) in [6.45, 7) is 5.66. The summed E-state index contributed by atoms with van der Waals surface area (Å²) in [6, 6.07) is 14.5. The second-order valence-electron chi connectivity index (χ2n) is 7.88. The Morgan fingerprint density at radius 1 is 1.14 bits per heavy atom. The summed E-state index contributed by atoms with van der Waals surface area (Å²) in [4.78, 5) is 38.3. The van der Waals surface area contributed by atoms with Crippen LogP contribution < -0.4 is 10.2 Å². The van der Waals surface area contributed by atoms with Gasteiger partial charge < -0.3 is 15.3 Å². The molecule has 1 aliphatic rings. The lowest BCUT2D eigenvalue weighted by atomic mass is 9.85. The first-order valence-electron chi connectivity index (χ1n) is 9.77. The number of rotatable bonds is 6. The lowest BCUT2D eigenvalue weighted by Gasteiger charge is -2.20. The molecule has 0 aliphatic carbocycles. The van der Waals surface area contributed by atoms with Crippen LogP contribution in [0.1, 0.15) is 38.3 Å². The number of carboxylic acids is 1. The summed E-state index contributed by atoms with van der Waals surface area (Å²) in [7, 11) is 0. The highest BCUT2D eigenvalue weighted by Crippen LogP contribution is 2.30. The Bertz CT molecular complexity index is 934. The van der Waals surface area contributed by atoms with Crippen LogP contribution in [0, 0.1) is 5.92 Å². The molecule has 0 bridgehead atoms. The molecule has 6 nitrogen and oxygen atoms in total. The number of hydrogen-bond donors (Lipinski definition) is 2. The predicted octanol–water partition coefficient (Wildman–Crippen LogP) is 3.60. The number of carbonyl (C=O) groups excluding carboxylic acids is 2. The van der Waals surface area contributed by atoms with E-state index in [1.807, 2.05) is 31.2 Å². The van der Waals surface area contributed by atoms with Gasteiger partial charge in [-0.2, -0.15) is 0 Å². The Morgan fingerprint density at radius 3 is 2.41 bits per heavy atom. The fourth-order valence-electron chi connectivity index (χ4n) is 3.53. The smallest absolute Gasteiger partial charge is 0.313 e. The molecule has 2 amide bonds. The highest BCUT2D eigenvalue weighted by Gasteiger charge is 2.36. The van der Waals surface area contributed by atoms with Gasteiger partial charge in [0.2, 0.25) is 11.8 Å². The van der Waals surface area contributed by atoms with Crippen LogP contribution in [-0.2, 0) is 26.2 Å². The van der Waals surface area contributed by atoms with Crippen LogP contribution >= 0.6 is 0 Å². The third-order valence-corrected chi connectivity index (χ3v) is 5.57. The van der Waals surface area contributed by atoms with Gasteiger partial charge in [0.25, 0.3) is 0 Å². The lowest BCUT2D eigenvalue weighted by molar-refractivity contribution is -0.142. The number of carbonyl (C=O) groups is 3. The molecule has 0 aromatic heterocycles. The molecule has 1 aliphatic heterocycles. The van der Waals surface area contributed by atoms with Crippen LogP contribution in [0.2, 0.25) is 0 Å². The van der Waals surface area contributed by atoms with Crippen molar-refractivity contribution in [1.29, 1.82) is 0 Å². The molecule has 0 radical (unpaired) electrons. The number of hydrogen-bond acceptors (Lipinski definition) is 3. The van der Waals surface area contributed by atoms with E-state index in [0.717, 1.165) is 17.7 Å². The fraction of sp³-hybridized carbons (Fsp3) is 0.348. The normalized spacial score (nSPS) is 16.7. The SMILES string of the molecule is CCc1ccccc1N1CC(C(=O)Nc2ccc(C(C)(C)C(=O)O)cc2)CC1=O. The molecule has 1 heterocycles. The van der Waals surface area contributed by atoms with Gasteiger partial charge in [0.05, 0.1) is 11.3 Å². The molecule has 0 spiro atoms. The molecule has 1 unspecified atom stereocenters. The van der Waals surface area contributed by atoms with E-state index in [-0.39, 0.29) is 18.2 Å². The summed E-state index contributed by atoms with van der Waals surface area (Å²) < 4.78 is 0. The Hall–Kier alpha value is -3.15. The summed E-state index contributed by atoms with van der Waals surface area (Å²) in [5.41, 5.74) is 2.18. The van der Waals surface area contributed by atoms with Gasteiger partial charge in [0.1, 0.15) is 0 Å². The first-order valence-corrected chi connectivity index (χ1v) is 9.77. The molecule has 2 N–H and O–H groups in total. The number of carboxylic acid groups (broad SMARTS) is 1. The van der Waals surface area contributed by atoms with E-state index in [9.17, 15) is 19.5 Å². The van der Waals surface area contributed by atoms with Gasteiger partial charge in [-0.1, -0.05) is 37.3 Å². The maximum atomic E-state index is 12.7. The molecule has 3 rings (SSSR count). The number of nitrogens with zero attached hydrogens (tertiary/aromatic N) is 1. The number of benzene rings is 2. The number of amides is 2. The molecular formula is C23H26N2O4. The molecule has 0 saturated carbocycles. The van der Waals surface area contributed by atoms with Crippen molar-refractivity contribution >= 4 is 29.2 Å². The van der Waals surface area contributed by atoms with Crippen molar-refractivity contribution in [3.8, 4) is 0 Å². The summed E-state index contributed by atoms with van der Waals surface area (Å²) in [5.74, 6) is -1.60. The van der Waals surface area contributed by atoms with Gasteiger partial charge in [-0.3, -0.25) is 14.4 Å². The first-order chi connectivity index (χ1) is 13.7. The standard InChI is InChI=1S/C23H26N2O4/c1-4-15-7-5-6-8-19(15)25-14-16(13-20(25)26)21(27)24-18-11-9-17(10-12-18)23(2,3)22(28)29/h5-12,16H,4,13-14H2,1-3H3,(H,24,27)(H,28,29). The number of anilines is 2. The Morgan fingerprint density at radius 2 is 1.79 bits per heavy atom. The molecule has 1 atom stereocenters. The highest BCUT2D eigenvalue weighted by atomic mass is 16.4. The van der Waals surface area contributed by atoms with Gasteiger partial charge >= 0.3 is 5.97 Å². The van der Waals surface area contributed by atoms with Gasteiger partial charge in [-0.25, -0.2) is 0 Å². The maximum Gasteiger partial charge on any atom is 0.313 e. The van der Waals surface area contributed by atoms with Crippen molar-refractivity contribution in [2.45, 2.75) is 39.0 Å². The number of aryl methyl sites for hydroxylation is 1. The summed E-state index contributed by atoms with van der Waals surface area (Å²) in [6.07, 6.45) is 0.990. The van der Waals surface area contributed by atoms with Gasteiger partial charge in [0, 0.05) is 24.3 Å². The average molecular weight is 394 g/mol. The fourth-order valence-corrected chi connectivity index (χ4v) is 3.53. The van der Waals surface area contributed by atoms with E-state index >= 15 is 0 Å². The quantitative estimate of drug-likeness (QED) is 0.784. The molecular weight excluding hydrogens is 368 g/mol. The van der Waals surface area contributed by atoms with Crippen molar-refractivity contribution < 1.29 is 19.5 Å². The zero-order valence-corrected chi connectivity index (χ0v) is 16.9. The second kappa shape index (κ2) is 8.07. The van der Waals surface area contributed by atoms with E-state index in [2.05, 4.69) is 5.32 Å². The number of nitrogens with one attached hydrogen (secondary N) is 1. The third-order valence-electron chi connectivity index (χ3n) is 5.57. The third kappa shape index (κ3) is 4.16. The monoisotopic (exact) mass is 394 g/mol. The Labute approximate surface area is 170 Å². The average Bonchev–Trinajstić information content (AvgIpc) is 3.10. The van der Waals surface area contributed by atoms with Crippen LogP contribution in [0.4, 0.5) is 11.4 Å². The van der Waals surface area contributed by atoms with E-state index in [0.29, 0.717) is 17.8 Å². The van der Waals surface area contributed by atoms with Crippen molar-refractivity contribution in [1.82, 2.24) is 0 Å². The largest absolute Gasteiger partial charge is 0.481 e. The second-order valence-corrected chi connectivity index (χ2v) is 7.88. The molecule has 2 aromatic carbocycles. The lowest BCUT2D eigenvalue weighted by Crippen LogP contribution is -2.29. The minimum Gasteiger partial charge on any atom is -0.481 e. The van der Waals surface area contributed by atoms with Crippen molar-refractivity contribution in [2.75, 3.05) is 16.8 Å². The number of para-hydroxylation sites is 1. The van der Waals surface area contributed by atoms with Crippen LogP contribution in [0.25, 0.3) is 0 Å². The van der Waals surface area contributed by atoms with Crippen LogP contribution in [0.3, 0.4) is 0 Å². The van der Waals surface area contributed by atoms with Crippen LogP contribution in [0.15, 0.2) is 48.5 Å². The molecule has 29 heavy (non-hydrogen) atoms. The van der Waals surface area contributed by atoms with Gasteiger partial charge in [0.15, 0.2) is 0 Å². The molecule has 152 valence electrons. The minimum atomic E-state index is -1.01. The Kier molecular flexibility index (Phi) is 5.73. The van der Waals surface area contributed by atoms with E-state index in [4.69, 9.17) is 0 Å². The van der Waals surface area contributed by atoms with E-state index in [1.54, 1.807) is 43.0 Å². The predicted molar refractivity (Wildman–Crippen MR) is 112 cm³/mol. The molecule has 1 saturated heterocycles. The number of aliphatic carboxylic acids is 1. The highest BCUT2D eigenvalue weighted by molar-refractivity contribution is 6.03. The summed E-state index contributed by atoms with van der Waals surface area (Å²) in [5, 5.41) is 12.2. The molecule has 6 heteroatoms. The molecule has 2 aromatic rings. The first kappa shape index (κ1) is 20.6. The van der Waals surface area contributed by atoms with Gasteiger partial charge in [-0.15, -0.1) is 0 Å². The van der Waals surface area contributed by atoms with Crippen molar-refractivity contribution in [3.05, 3.63) is 59.7 Å². The van der Waals surface area contributed by atoms with E-state index < -0.39 is 17.3 Å². The summed E-state index contributed by atoms with van der Waals surface area (Å²) >= 11 is 0. The topological polar surface area (TPSA) is 86.7 Å². The Balaban J connectivity index is 1.69. The van der Waals surface area contributed by atoms with E-state index in [1.165, 1.54) is 0 Å². The van der Waals surface area contributed by atoms with Crippen molar-refractivity contribution in [3.63, 3.8) is 0 Å². The van der Waals surface area contributed by atoms with Crippen LogP contribution in [0.5, 0.6) is 0 Å². The van der Waals surface area contributed by atoms with Crippen molar-refractivity contribution in [2.24, 2.45) is 5.92 Å². The maximum absolute atomic E-state index is 12.7. The van der Waals surface area contributed by atoms with Crippen LogP contribution in [-0.4, -0.2) is 29.4 Å². The molecule has 1 fully saturated rings.